The quantitative estimate of drug-likeness (QED) is 0.660. The summed E-state index contributed by atoms with van der Waals surface area (Å²) in [5.74, 6) is 0.0182. The fourth-order valence-electron chi connectivity index (χ4n) is 1.25. The predicted octanol–water partition coefficient (Wildman–Crippen LogP) is 0.199. The number of aryl methyl sites for hydroxylation is 1. The maximum atomic E-state index is 11.3. The van der Waals surface area contributed by atoms with Crippen LogP contribution in [0.25, 0.3) is 0 Å². The summed E-state index contributed by atoms with van der Waals surface area (Å²) in [4.78, 5) is 11.3. The first kappa shape index (κ1) is 11.7. The van der Waals surface area contributed by atoms with E-state index >= 15 is 0 Å². The van der Waals surface area contributed by atoms with Gasteiger partial charge in [-0.25, -0.2) is 0 Å². The Morgan fingerprint density at radius 3 is 3.00 bits per heavy atom. The summed E-state index contributed by atoms with van der Waals surface area (Å²) < 4.78 is 1.73. The molecule has 0 unspecified atom stereocenters. The van der Waals surface area contributed by atoms with Crippen LogP contribution in [0.3, 0.4) is 0 Å². The molecule has 0 spiro atoms. The Morgan fingerprint density at radius 1 is 1.60 bits per heavy atom. The fourth-order valence-corrected chi connectivity index (χ4v) is 1.25. The van der Waals surface area contributed by atoms with Crippen molar-refractivity contribution in [1.29, 1.82) is 0 Å². The van der Waals surface area contributed by atoms with E-state index in [2.05, 4.69) is 10.4 Å². The van der Waals surface area contributed by atoms with Crippen molar-refractivity contribution >= 4 is 5.91 Å². The molecular formula is C10H17N3O2. The Bertz CT molecular complexity index is 309. The van der Waals surface area contributed by atoms with E-state index in [1.54, 1.807) is 10.9 Å². The number of carbonyl (C=O) groups is 1. The van der Waals surface area contributed by atoms with Gasteiger partial charge in [-0.3, -0.25) is 9.48 Å². The van der Waals surface area contributed by atoms with Gasteiger partial charge in [-0.2, -0.15) is 5.10 Å². The van der Waals surface area contributed by atoms with Gasteiger partial charge in [-0.05, 0) is 18.9 Å². The number of nitrogens with zero attached hydrogens (tertiary/aromatic N) is 2. The molecule has 0 aliphatic carbocycles. The minimum absolute atomic E-state index is 0.0182. The average Bonchev–Trinajstić information content (AvgIpc) is 2.61. The van der Waals surface area contributed by atoms with Gasteiger partial charge in [0, 0.05) is 26.3 Å². The zero-order valence-corrected chi connectivity index (χ0v) is 8.94. The number of carbonyl (C=O) groups excluding carboxylic acids is 1. The normalized spacial score (nSPS) is 10.3. The van der Waals surface area contributed by atoms with Crippen LogP contribution in [0.2, 0.25) is 0 Å². The molecule has 5 heteroatoms. The van der Waals surface area contributed by atoms with Crippen LogP contribution in [0, 0.1) is 0 Å². The first-order valence-electron chi connectivity index (χ1n) is 5.08. The Kier molecular flexibility index (Phi) is 4.83. The first-order valence-corrected chi connectivity index (χ1v) is 5.08. The van der Waals surface area contributed by atoms with E-state index in [4.69, 9.17) is 5.11 Å². The van der Waals surface area contributed by atoms with Gasteiger partial charge in [-0.15, -0.1) is 0 Å². The number of unbranched alkanes of at least 4 members (excludes halogenated alkanes) is 1. The topological polar surface area (TPSA) is 67.2 Å². The third-order valence-electron chi connectivity index (χ3n) is 2.20. The zero-order valence-electron chi connectivity index (χ0n) is 8.94. The lowest BCUT2D eigenvalue weighted by molar-refractivity contribution is -0.121. The molecule has 84 valence electrons. The second kappa shape index (κ2) is 6.19. The molecule has 1 rings (SSSR count). The maximum absolute atomic E-state index is 11.3. The number of nitrogens with one attached hydrogen (secondary N) is 1. The third kappa shape index (κ3) is 4.12. The highest BCUT2D eigenvalue weighted by Crippen LogP contribution is 1.97. The number of aliphatic hydroxyl groups is 1. The van der Waals surface area contributed by atoms with E-state index in [9.17, 15) is 4.79 Å². The summed E-state index contributed by atoms with van der Waals surface area (Å²) in [6.45, 7) is 0.656. The van der Waals surface area contributed by atoms with Crippen LogP contribution in [-0.2, 0) is 18.4 Å². The van der Waals surface area contributed by atoms with Gasteiger partial charge < -0.3 is 10.4 Å². The summed E-state index contributed by atoms with van der Waals surface area (Å²) >= 11 is 0. The fraction of sp³-hybridized carbons (Fsp3) is 0.600. The largest absolute Gasteiger partial charge is 0.396 e. The van der Waals surface area contributed by atoms with Crippen LogP contribution in [0.4, 0.5) is 0 Å². The van der Waals surface area contributed by atoms with Crippen LogP contribution >= 0.6 is 0 Å². The van der Waals surface area contributed by atoms with E-state index in [-0.39, 0.29) is 12.5 Å². The predicted molar refractivity (Wildman–Crippen MR) is 56.0 cm³/mol. The lowest BCUT2D eigenvalue weighted by atomic mass is 10.2. The molecule has 1 aromatic heterocycles. The summed E-state index contributed by atoms with van der Waals surface area (Å²) in [6.07, 6.45) is 3.58. The van der Waals surface area contributed by atoms with Crippen molar-refractivity contribution in [3.8, 4) is 0 Å². The Balaban J connectivity index is 2.20. The van der Waals surface area contributed by atoms with Gasteiger partial charge in [0.1, 0.15) is 0 Å². The van der Waals surface area contributed by atoms with Crippen molar-refractivity contribution in [3.05, 3.63) is 18.0 Å². The molecule has 0 atom stereocenters. The van der Waals surface area contributed by atoms with E-state index in [0.717, 1.165) is 12.1 Å². The molecule has 2 N–H and O–H groups in total. The minimum atomic E-state index is 0.0182. The van der Waals surface area contributed by atoms with Gasteiger partial charge in [0.05, 0.1) is 12.2 Å². The molecular weight excluding hydrogens is 194 g/mol. The second-order valence-electron chi connectivity index (χ2n) is 3.40. The summed E-state index contributed by atoms with van der Waals surface area (Å²) in [5, 5.41) is 15.4. The SMILES string of the molecule is Cn1nccc1CNC(=O)CCCCO. The molecule has 0 saturated carbocycles. The molecule has 0 fully saturated rings. The molecule has 1 heterocycles. The van der Waals surface area contributed by atoms with Crippen molar-refractivity contribution in [2.24, 2.45) is 7.05 Å². The van der Waals surface area contributed by atoms with Crippen molar-refractivity contribution in [2.45, 2.75) is 25.8 Å². The van der Waals surface area contributed by atoms with E-state index < -0.39 is 0 Å². The molecule has 5 nitrogen and oxygen atoms in total. The minimum Gasteiger partial charge on any atom is -0.396 e. The maximum Gasteiger partial charge on any atom is 0.220 e. The van der Waals surface area contributed by atoms with Gasteiger partial charge >= 0.3 is 0 Å². The number of aliphatic hydroxyl groups excluding tert-OH is 1. The molecule has 0 radical (unpaired) electrons. The van der Waals surface area contributed by atoms with E-state index in [1.807, 2.05) is 13.1 Å². The molecule has 0 bridgehead atoms. The van der Waals surface area contributed by atoms with Crippen molar-refractivity contribution in [3.63, 3.8) is 0 Å². The second-order valence-corrected chi connectivity index (χ2v) is 3.40. The van der Waals surface area contributed by atoms with Crippen LogP contribution in [0.15, 0.2) is 12.3 Å². The lowest BCUT2D eigenvalue weighted by Gasteiger charge is -2.04. The molecule has 0 aliphatic rings. The molecule has 1 amide bonds. The highest BCUT2D eigenvalue weighted by molar-refractivity contribution is 5.75. The van der Waals surface area contributed by atoms with Gasteiger partial charge in [-0.1, -0.05) is 0 Å². The van der Waals surface area contributed by atoms with E-state index in [1.165, 1.54) is 0 Å². The third-order valence-corrected chi connectivity index (χ3v) is 2.20. The zero-order chi connectivity index (χ0) is 11.1. The first-order chi connectivity index (χ1) is 7.24. The highest BCUT2D eigenvalue weighted by Gasteiger charge is 2.02. The molecule has 0 aliphatic heterocycles. The Hall–Kier alpha value is -1.36. The van der Waals surface area contributed by atoms with Crippen molar-refractivity contribution < 1.29 is 9.90 Å². The number of rotatable bonds is 6. The van der Waals surface area contributed by atoms with Gasteiger partial charge in [0.25, 0.3) is 0 Å². The molecule has 0 saturated heterocycles. The number of amides is 1. The van der Waals surface area contributed by atoms with Crippen LogP contribution in [0.1, 0.15) is 25.0 Å². The van der Waals surface area contributed by atoms with Crippen LogP contribution in [0.5, 0.6) is 0 Å². The van der Waals surface area contributed by atoms with Gasteiger partial charge in [0.2, 0.25) is 5.91 Å². The lowest BCUT2D eigenvalue weighted by Crippen LogP contribution is -2.23. The average molecular weight is 211 g/mol. The van der Waals surface area contributed by atoms with Crippen LogP contribution in [-0.4, -0.2) is 27.4 Å². The molecule has 0 aromatic carbocycles. The molecule has 1 aromatic rings. The Morgan fingerprint density at radius 2 is 2.40 bits per heavy atom. The highest BCUT2D eigenvalue weighted by atomic mass is 16.2. The number of hydrogen-bond acceptors (Lipinski definition) is 3. The smallest absolute Gasteiger partial charge is 0.220 e. The number of aromatic nitrogens is 2. The molecule has 15 heavy (non-hydrogen) atoms. The van der Waals surface area contributed by atoms with Gasteiger partial charge in [0.15, 0.2) is 0 Å². The summed E-state index contributed by atoms with van der Waals surface area (Å²) in [6, 6.07) is 1.87. The van der Waals surface area contributed by atoms with Crippen molar-refractivity contribution in [1.82, 2.24) is 15.1 Å². The van der Waals surface area contributed by atoms with E-state index in [0.29, 0.717) is 19.4 Å². The summed E-state index contributed by atoms with van der Waals surface area (Å²) in [7, 11) is 1.84. The standard InChI is InChI=1S/C10H17N3O2/c1-13-9(5-6-12-13)8-11-10(15)4-2-3-7-14/h5-6,14H,2-4,7-8H2,1H3,(H,11,15). The summed E-state index contributed by atoms with van der Waals surface area (Å²) in [5.41, 5.74) is 0.977. The van der Waals surface area contributed by atoms with Crippen molar-refractivity contribution in [2.75, 3.05) is 6.61 Å². The Labute approximate surface area is 89.1 Å². The monoisotopic (exact) mass is 211 g/mol. The van der Waals surface area contributed by atoms with Crippen LogP contribution < -0.4 is 5.32 Å². The number of hydrogen-bond donors (Lipinski definition) is 2.